The second-order valence-electron chi connectivity index (χ2n) is 4.29. The molecule has 1 rings (SSSR count). The zero-order valence-corrected chi connectivity index (χ0v) is 9.09. The van der Waals surface area contributed by atoms with Crippen LogP contribution in [0.15, 0.2) is 0 Å². The average molecular weight is 198 g/mol. The molecule has 0 saturated heterocycles. The molecule has 82 valence electrons. The number of nitrogens with one attached hydrogen (secondary N) is 1. The third kappa shape index (κ3) is 3.66. The molecular weight excluding hydrogens is 176 g/mol. The summed E-state index contributed by atoms with van der Waals surface area (Å²) < 4.78 is 0. The molecule has 1 fully saturated rings. The van der Waals surface area contributed by atoms with Crippen LogP contribution in [0.4, 0.5) is 0 Å². The molecule has 0 aromatic heterocycles. The minimum atomic E-state index is 0.102. The maximum Gasteiger partial charge on any atom is 0.221 e. The van der Waals surface area contributed by atoms with Gasteiger partial charge in [0, 0.05) is 19.0 Å². The van der Waals surface area contributed by atoms with Gasteiger partial charge < -0.3 is 11.1 Å². The highest BCUT2D eigenvalue weighted by atomic mass is 16.1. The Kier molecular flexibility index (Phi) is 4.94. The quantitative estimate of drug-likeness (QED) is 0.718. The fourth-order valence-electron chi connectivity index (χ4n) is 2.21. The molecule has 0 spiro atoms. The summed E-state index contributed by atoms with van der Waals surface area (Å²) in [7, 11) is 0. The molecule has 3 heteroatoms. The van der Waals surface area contributed by atoms with Crippen molar-refractivity contribution >= 4 is 5.91 Å². The fourth-order valence-corrected chi connectivity index (χ4v) is 2.21. The third-order valence-corrected chi connectivity index (χ3v) is 3.12. The maximum atomic E-state index is 11.3. The lowest BCUT2D eigenvalue weighted by atomic mass is 9.84. The summed E-state index contributed by atoms with van der Waals surface area (Å²) in [6, 6.07) is 0.328. The van der Waals surface area contributed by atoms with Gasteiger partial charge in [0.1, 0.15) is 0 Å². The Morgan fingerprint density at radius 3 is 2.64 bits per heavy atom. The van der Waals surface area contributed by atoms with Crippen LogP contribution >= 0.6 is 0 Å². The van der Waals surface area contributed by atoms with Crippen LogP contribution in [-0.4, -0.2) is 18.5 Å². The minimum absolute atomic E-state index is 0.102. The highest BCUT2D eigenvalue weighted by molar-refractivity contribution is 5.76. The van der Waals surface area contributed by atoms with Crippen molar-refractivity contribution in [2.45, 2.75) is 51.5 Å². The van der Waals surface area contributed by atoms with Crippen LogP contribution in [-0.2, 0) is 4.79 Å². The molecule has 1 atom stereocenters. The number of carbonyl (C=O) groups excluding carboxylic acids is 1. The first-order valence-electron chi connectivity index (χ1n) is 5.73. The molecule has 3 nitrogen and oxygen atoms in total. The first kappa shape index (κ1) is 11.5. The Labute approximate surface area is 86.4 Å². The van der Waals surface area contributed by atoms with E-state index in [4.69, 9.17) is 5.73 Å². The summed E-state index contributed by atoms with van der Waals surface area (Å²) in [6.07, 6.45) is 6.99. The number of nitrogens with two attached hydrogens (primary N) is 1. The van der Waals surface area contributed by atoms with Gasteiger partial charge in [-0.05, 0) is 25.7 Å². The van der Waals surface area contributed by atoms with Gasteiger partial charge in [-0.3, -0.25) is 4.79 Å². The number of rotatable bonds is 4. The van der Waals surface area contributed by atoms with Gasteiger partial charge in [-0.1, -0.05) is 19.3 Å². The largest absolute Gasteiger partial charge is 0.353 e. The van der Waals surface area contributed by atoms with Crippen molar-refractivity contribution in [2.75, 3.05) is 6.54 Å². The van der Waals surface area contributed by atoms with E-state index in [1.807, 2.05) is 0 Å². The van der Waals surface area contributed by atoms with Crippen LogP contribution in [0.25, 0.3) is 0 Å². The van der Waals surface area contributed by atoms with E-state index >= 15 is 0 Å². The van der Waals surface area contributed by atoms with Crippen molar-refractivity contribution in [3.8, 4) is 0 Å². The molecule has 3 N–H and O–H groups in total. The van der Waals surface area contributed by atoms with E-state index in [9.17, 15) is 4.79 Å². The summed E-state index contributed by atoms with van der Waals surface area (Å²) in [5, 5.41) is 3.03. The van der Waals surface area contributed by atoms with Crippen molar-refractivity contribution < 1.29 is 4.79 Å². The van der Waals surface area contributed by atoms with Crippen LogP contribution in [0.1, 0.15) is 45.4 Å². The highest BCUT2D eigenvalue weighted by Gasteiger charge is 2.20. The lowest BCUT2D eigenvalue weighted by molar-refractivity contribution is -0.121. The molecule has 0 bridgehead atoms. The molecule has 0 heterocycles. The summed E-state index contributed by atoms with van der Waals surface area (Å²) in [4.78, 5) is 11.3. The predicted molar refractivity (Wildman–Crippen MR) is 57.9 cm³/mol. The lowest BCUT2D eigenvalue weighted by Crippen LogP contribution is -2.39. The summed E-state index contributed by atoms with van der Waals surface area (Å²) in [5.41, 5.74) is 5.32. The molecule has 0 aromatic carbocycles. The second-order valence-corrected chi connectivity index (χ2v) is 4.29. The van der Waals surface area contributed by atoms with Crippen molar-refractivity contribution in [2.24, 2.45) is 11.7 Å². The van der Waals surface area contributed by atoms with E-state index in [-0.39, 0.29) is 5.91 Å². The van der Waals surface area contributed by atoms with Gasteiger partial charge in [0.2, 0.25) is 5.91 Å². The van der Waals surface area contributed by atoms with Crippen molar-refractivity contribution in [1.82, 2.24) is 5.32 Å². The number of hydrogen-bond donors (Lipinski definition) is 2. The SMILES string of the molecule is C[C@H](NC(=O)CCN)C1CCCCC1. The van der Waals surface area contributed by atoms with Gasteiger partial charge in [0.25, 0.3) is 0 Å². The average Bonchev–Trinajstić information content (AvgIpc) is 2.19. The van der Waals surface area contributed by atoms with E-state index in [1.54, 1.807) is 0 Å². The molecule has 0 aliphatic heterocycles. The zero-order valence-electron chi connectivity index (χ0n) is 9.09. The molecule has 1 saturated carbocycles. The van der Waals surface area contributed by atoms with Crippen LogP contribution in [0.2, 0.25) is 0 Å². The van der Waals surface area contributed by atoms with Crippen LogP contribution in [0.3, 0.4) is 0 Å². The maximum absolute atomic E-state index is 11.3. The first-order chi connectivity index (χ1) is 6.74. The van der Waals surface area contributed by atoms with Crippen LogP contribution in [0, 0.1) is 5.92 Å². The van der Waals surface area contributed by atoms with Crippen molar-refractivity contribution in [3.63, 3.8) is 0 Å². The number of amides is 1. The van der Waals surface area contributed by atoms with E-state index in [0.29, 0.717) is 24.9 Å². The van der Waals surface area contributed by atoms with Crippen molar-refractivity contribution in [1.29, 1.82) is 0 Å². The Morgan fingerprint density at radius 1 is 1.43 bits per heavy atom. The van der Waals surface area contributed by atoms with E-state index in [1.165, 1.54) is 32.1 Å². The van der Waals surface area contributed by atoms with E-state index in [0.717, 1.165) is 0 Å². The number of carbonyl (C=O) groups is 1. The normalized spacial score (nSPS) is 20.4. The molecule has 1 amide bonds. The third-order valence-electron chi connectivity index (χ3n) is 3.12. The molecule has 0 radical (unpaired) electrons. The van der Waals surface area contributed by atoms with Gasteiger partial charge in [-0.2, -0.15) is 0 Å². The van der Waals surface area contributed by atoms with Gasteiger partial charge in [-0.25, -0.2) is 0 Å². The molecule has 1 aliphatic carbocycles. The lowest BCUT2D eigenvalue weighted by Gasteiger charge is -2.28. The monoisotopic (exact) mass is 198 g/mol. The molecule has 14 heavy (non-hydrogen) atoms. The summed E-state index contributed by atoms with van der Waals surface area (Å²) in [6.45, 7) is 2.56. The van der Waals surface area contributed by atoms with Crippen molar-refractivity contribution in [3.05, 3.63) is 0 Å². The van der Waals surface area contributed by atoms with Crippen LogP contribution in [0.5, 0.6) is 0 Å². The van der Waals surface area contributed by atoms with Crippen LogP contribution < -0.4 is 11.1 Å². The summed E-state index contributed by atoms with van der Waals surface area (Å²) in [5.74, 6) is 0.788. The Balaban J connectivity index is 2.25. The standard InChI is InChI=1S/C11H22N2O/c1-9(13-11(14)7-8-12)10-5-3-2-4-6-10/h9-10H,2-8,12H2,1H3,(H,13,14)/t9-/m0/s1. The first-order valence-corrected chi connectivity index (χ1v) is 5.73. The van der Waals surface area contributed by atoms with Gasteiger partial charge in [-0.15, -0.1) is 0 Å². The van der Waals surface area contributed by atoms with Gasteiger partial charge in [0.15, 0.2) is 0 Å². The van der Waals surface area contributed by atoms with Gasteiger partial charge in [0.05, 0.1) is 0 Å². The second kappa shape index (κ2) is 6.02. The topological polar surface area (TPSA) is 55.1 Å². The molecular formula is C11H22N2O. The molecule has 1 aliphatic rings. The van der Waals surface area contributed by atoms with Gasteiger partial charge >= 0.3 is 0 Å². The molecule has 0 aromatic rings. The summed E-state index contributed by atoms with van der Waals surface area (Å²) >= 11 is 0. The molecule has 0 unspecified atom stereocenters. The smallest absolute Gasteiger partial charge is 0.221 e. The number of hydrogen-bond acceptors (Lipinski definition) is 2. The Bertz CT molecular complexity index is 176. The zero-order chi connectivity index (χ0) is 10.4. The Hall–Kier alpha value is -0.570. The highest BCUT2D eigenvalue weighted by Crippen LogP contribution is 2.26. The predicted octanol–water partition coefficient (Wildman–Crippen LogP) is 1.42. The fraction of sp³-hybridized carbons (Fsp3) is 0.909. The minimum Gasteiger partial charge on any atom is -0.353 e. The van der Waals surface area contributed by atoms with E-state index in [2.05, 4.69) is 12.2 Å². The Morgan fingerprint density at radius 2 is 2.07 bits per heavy atom. The van der Waals surface area contributed by atoms with E-state index < -0.39 is 0 Å².